The average Bonchev–Trinajstić information content (AvgIpc) is 3.18. The number of H-pyrrole nitrogens is 1. The number of nitrogens with zero attached hydrogens (tertiary/aromatic N) is 4. The molecule has 2 aromatic carbocycles. The summed E-state index contributed by atoms with van der Waals surface area (Å²) in [5.74, 6) is 1.88. The molecule has 4 aromatic rings. The Morgan fingerprint density at radius 2 is 1.94 bits per heavy atom. The first-order valence-corrected chi connectivity index (χ1v) is 11.3. The second kappa shape index (κ2) is 9.86. The van der Waals surface area contributed by atoms with Crippen LogP contribution in [0.3, 0.4) is 0 Å². The molecule has 0 fully saturated rings. The Balaban J connectivity index is 1.37. The van der Waals surface area contributed by atoms with Gasteiger partial charge in [-0.2, -0.15) is 0 Å². The number of amides is 1. The molecule has 2 aromatic heterocycles. The zero-order chi connectivity index (χ0) is 23.4. The minimum Gasteiger partial charge on any atom is -0.497 e. The van der Waals surface area contributed by atoms with Gasteiger partial charge in [-0.25, -0.2) is 4.98 Å². The van der Waals surface area contributed by atoms with Gasteiger partial charge in [-0.1, -0.05) is 23.9 Å². The lowest BCUT2D eigenvalue weighted by Gasteiger charge is -2.11. The van der Waals surface area contributed by atoms with Gasteiger partial charge < -0.3 is 19.6 Å². The van der Waals surface area contributed by atoms with Gasteiger partial charge in [-0.15, -0.1) is 10.2 Å². The molecule has 0 aliphatic heterocycles. The maximum atomic E-state index is 12.4. The summed E-state index contributed by atoms with van der Waals surface area (Å²) in [6, 6.07) is 14.2. The number of aromatic amines is 1. The lowest BCUT2D eigenvalue weighted by molar-refractivity contribution is 0.0954. The average molecular weight is 465 g/mol. The first-order chi connectivity index (χ1) is 16.0. The highest BCUT2D eigenvalue weighted by Gasteiger charge is 2.17. The number of para-hydroxylation sites is 1. The summed E-state index contributed by atoms with van der Waals surface area (Å²) >= 11 is 1.46. The molecular formula is C23H24N6O3S. The highest BCUT2D eigenvalue weighted by Crippen LogP contribution is 2.31. The highest BCUT2D eigenvalue weighted by molar-refractivity contribution is 7.99. The molecule has 0 saturated heterocycles. The highest BCUT2D eigenvalue weighted by atomic mass is 32.2. The summed E-state index contributed by atoms with van der Waals surface area (Å²) < 4.78 is 7.00. The van der Waals surface area contributed by atoms with Crippen LogP contribution in [0.2, 0.25) is 0 Å². The summed E-state index contributed by atoms with van der Waals surface area (Å²) in [6.07, 6.45) is 0.533. The SMILES string of the molecule is COc1ccc(C(=O)NCCc2nnc(SC(C)c3nc4ccccc4c(=O)[nH]3)n2C)cc1. The number of rotatable bonds is 8. The number of benzene rings is 2. The van der Waals surface area contributed by atoms with Gasteiger partial charge in [-0.05, 0) is 43.3 Å². The molecule has 170 valence electrons. The van der Waals surface area contributed by atoms with Gasteiger partial charge in [0.1, 0.15) is 17.4 Å². The summed E-state index contributed by atoms with van der Waals surface area (Å²) in [5.41, 5.74) is 1.07. The van der Waals surface area contributed by atoms with Crippen molar-refractivity contribution >= 4 is 28.6 Å². The van der Waals surface area contributed by atoms with Crippen molar-refractivity contribution in [1.29, 1.82) is 0 Å². The third kappa shape index (κ3) is 5.06. The van der Waals surface area contributed by atoms with Crippen LogP contribution < -0.4 is 15.6 Å². The van der Waals surface area contributed by atoms with E-state index in [0.29, 0.717) is 46.2 Å². The second-order valence-electron chi connectivity index (χ2n) is 7.42. The monoisotopic (exact) mass is 464 g/mol. The van der Waals surface area contributed by atoms with E-state index in [2.05, 4.69) is 25.5 Å². The van der Waals surface area contributed by atoms with Gasteiger partial charge in [0.25, 0.3) is 11.5 Å². The predicted molar refractivity (Wildman–Crippen MR) is 127 cm³/mol. The van der Waals surface area contributed by atoms with Gasteiger partial charge in [0.2, 0.25) is 0 Å². The molecule has 0 aliphatic rings. The van der Waals surface area contributed by atoms with Crippen LogP contribution in [0.4, 0.5) is 0 Å². The summed E-state index contributed by atoms with van der Waals surface area (Å²) in [7, 11) is 3.47. The van der Waals surface area contributed by atoms with Gasteiger partial charge in [0.05, 0.1) is 23.3 Å². The van der Waals surface area contributed by atoms with Gasteiger partial charge in [0, 0.05) is 25.6 Å². The molecule has 0 saturated carbocycles. The summed E-state index contributed by atoms with van der Waals surface area (Å²) in [5, 5.41) is 12.6. The molecule has 1 unspecified atom stereocenters. The molecule has 10 heteroatoms. The Kier molecular flexibility index (Phi) is 6.74. The molecule has 33 heavy (non-hydrogen) atoms. The molecule has 1 amide bonds. The number of thioether (sulfide) groups is 1. The van der Waals surface area contributed by atoms with E-state index in [-0.39, 0.29) is 16.7 Å². The number of nitrogens with one attached hydrogen (secondary N) is 2. The van der Waals surface area contributed by atoms with E-state index in [1.165, 1.54) is 11.8 Å². The van der Waals surface area contributed by atoms with E-state index in [0.717, 1.165) is 5.82 Å². The topological polar surface area (TPSA) is 115 Å². The van der Waals surface area contributed by atoms with Crippen molar-refractivity contribution in [2.45, 2.75) is 23.8 Å². The largest absolute Gasteiger partial charge is 0.497 e. The Morgan fingerprint density at radius 3 is 2.70 bits per heavy atom. The fraction of sp³-hybridized carbons (Fsp3) is 0.261. The van der Waals surface area contributed by atoms with Crippen molar-refractivity contribution in [3.8, 4) is 5.75 Å². The van der Waals surface area contributed by atoms with Crippen LogP contribution in [0.1, 0.15) is 34.2 Å². The van der Waals surface area contributed by atoms with Crippen molar-refractivity contribution in [1.82, 2.24) is 30.0 Å². The number of carbonyl (C=O) groups is 1. The van der Waals surface area contributed by atoms with Crippen molar-refractivity contribution in [3.63, 3.8) is 0 Å². The van der Waals surface area contributed by atoms with Crippen LogP contribution in [0.25, 0.3) is 10.9 Å². The third-order valence-electron chi connectivity index (χ3n) is 5.21. The molecule has 2 heterocycles. The number of hydrogen-bond acceptors (Lipinski definition) is 7. The lowest BCUT2D eigenvalue weighted by atomic mass is 10.2. The van der Waals surface area contributed by atoms with E-state index >= 15 is 0 Å². The maximum absolute atomic E-state index is 12.4. The fourth-order valence-electron chi connectivity index (χ4n) is 3.31. The maximum Gasteiger partial charge on any atom is 0.258 e. The molecule has 2 N–H and O–H groups in total. The second-order valence-corrected chi connectivity index (χ2v) is 8.73. The molecule has 1 atom stereocenters. The lowest BCUT2D eigenvalue weighted by Crippen LogP contribution is -2.26. The fourth-order valence-corrected chi connectivity index (χ4v) is 4.20. The quantitative estimate of drug-likeness (QED) is 0.385. The van der Waals surface area contributed by atoms with E-state index in [1.54, 1.807) is 37.4 Å². The molecule has 0 radical (unpaired) electrons. The van der Waals surface area contributed by atoms with Gasteiger partial charge >= 0.3 is 0 Å². The van der Waals surface area contributed by atoms with Gasteiger partial charge in [-0.3, -0.25) is 9.59 Å². The van der Waals surface area contributed by atoms with Crippen molar-refractivity contribution in [3.05, 3.63) is 76.1 Å². The van der Waals surface area contributed by atoms with Crippen LogP contribution in [-0.2, 0) is 13.5 Å². The van der Waals surface area contributed by atoms with Crippen LogP contribution in [0.5, 0.6) is 5.75 Å². The molecule has 0 spiro atoms. The Hall–Kier alpha value is -3.66. The van der Waals surface area contributed by atoms with Crippen LogP contribution in [0.15, 0.2) is 58.5 Å². The molecule has 0 aliphatic carbocycles. The van der Waals surface area contributed by atoms with Crippen LogP contribution >= 0.6 is 11.8 Å². The number of methoxy groups -OCH3 is 1. The molecule has 4 rings (SSSR count). The third-order valence-corrected chi connectivity index (χ3v) is 6.35. The minimum atomic E-state index is -0.158. The molecule has 0 bridgehead atoms. The van der Waals surface area contributed by atoms with Crippen molar-refractivity contribution in [2.24, 2.45) is 7.05 Å². The number of carbonyl (C=O) groups excluding carboxylic acids is 1. The normalized spacial score (nSPS) is 12.0. The van der Waals surface area contributed by atoms with Crippen molar-refractivity contribution in [2.75, 3.05) is 13.7 Å². The number of hydrogen-bond donors (Lipinski definition) is 2. The van der Waals surface area contributed by atoms with E-state index in [1.807, 2.05) is 36.7 Å². The number of aromatic nitrogens is 5. The Bertz CT molecular complexity index is 1330. The Labute approximate surface area is 194 Å². The van der Waals surface area contributed by atoms with E-state index in [4.69, 9.17) is 4.74 Å². The molecular weight excluding hydrogens is 440 g/mol. The zero-order valence-corrected chi connectivity index (χ0v) is 19.3. The first-order valence-electron chi connectivity index (χ1n) is 10.4. The summed E-state index contributed by atoms with van der Waals surface area (Å²) in [4.78, 5) is 32.1. The predicted octanol–water partition coefficient (Wildman–Crippen LogP) is 2.89. The zero-order valence-electron chi connectivity index (χ0n) is 18.5. The van der Waals surface area contributed by atoms with Crippen LogP contribution in [0, 0.1) is 0 Å². The van der Waals surface area contributed by atoms with Crippen molar-refractivity contribution < 1.29 is 9.53 Å². The van der Waals surface area contributed by atoms with Crippen LogP contribution in [-0.4, -0.2) is 44.3 Å². The molecule has 9 nitrogen and oxygen atoms in total. The smallest absolute Gasteiger partial charge is 0.258 e. The number of ether oxygens (including phenoxy) is 1. The Morgan fingerprint density at radius 1 is 1.18 bits per heavy atom. The van der Waals surface area contributed by atoms with Gasteiger partial charge in [0.15, 0.2) is 5.16 Å². The van der Waals surface area contributed by atoms with E-state index in [9.17, 15) is 9.59 Å². The van der Waals surface area contributed by atoms with E-state index < -0.39 is 0 Å². The first kappa shape index (κ1) is 22.5. The standard InChI is InChI=1S/C23H24N6O3S/c1-14(20-25-18-7-5-4-6-17(18)22(31)26-20)33-23-28-27-19(29(23)2)12-13-24-21(30)15-8-10-16(32-3)11-9-15/h4-11,14H,12-13H2,1-3H3,(H,24,30)(H,25,26,31). The minimum absolute atomic E-state index is 0.132. The number of fused-ring (bicyclic) bond motifs is 1. The summed E-state index contributed by atoms with van der Waals surface area (Å²) in [6.45, 7) is 2.39.